The first-order valence-electron chi connectivity index (χ1n) is 11.0. The van der Waals surface area contributed by atoms with Gasteiger partial charge in [0.1, 0.15) is 13.2 Å². The number of fused-ring (bicyclic) bond motifs is 1. The van der Waals surface area contributed by atoms with Crippen LogP contribution in [0.1, 0.15) is 23.2 Å². The van der Waals surface area contributed by atoms with E-state index in [0.717, 1.165) is 5.69 Å². The summed E-state index contributed by atoms with van der Waals surface area (Å²) in [6.45, 7) is 3.39. The molecule has 2 aromatic rings. The summed E-state index contributed by atoms with van der Waals surface area (Å²) < 4.78 is 10.9. The summed E-state index contributed by atoms with van der Waals surface area (Å²) in [5, 5.41) is 3.31. The molecule has 33 heavy (non-hydrogen) atoms. The number of carbonyl (C=O) groups excluding carboxylic acids is 3. The van der Waals surface area contributed by atoms with Crippen molar-refractivity contribution >= 4 is 34.9 Å². The van der Waals surface area contributed by atoms with E-state index in [0.29, 0.717) is 61.5 Å². The number of Topliss-reactive ketones (excluding diaryl/α,β-unsaturated/α-hetero) is 1. The summed E-state index contributed by atoms with van der Waals surface area (Å²) in [6, 6.07) is 12.6. The number of hydrogen-bond donors (Lipinski definition) is 1. The van der Waals surface area contributed by atoms with Gasteiger partial charge in [-0.05, 0) is 36.4 Å². The van der Waals surface area contributed by atoms with Crippen molar-refractivity contribution in [3.05, 3.63) is 53.1 Å². The van der Waals surface area contributed by atoms with Crippen LogP contribution in [0.15, 0.2) is 42.5 Å². The van der Waals surface area contributed by atoms with E-state index in [4.69, 9.17) is 21.1 Å². The van der Waals surface area contributed by atoms with Crippen molar-refractivity contribution in [3.63, 3.8) is 0 Å². The molecule has 0 aromatic heterocycles. The minimum Gasteiger partial charge on any atom is -0.486 e. The summed E-state index contributed by atoms with van der Waals surface area (Å²) >= 11 is 6.06. The first-order valence-corrected chi connectivity index (χ1v) is 11.4. The van der Waals surface area contributed by atoms with E-state index in [-0.39, 0.29) is 37.0 Å². The predicted molar refractivity (Wildman–Crippen MR) is 124 cm³/mol. The number of ketones is 1. The Kier molecular flexibility index (Phi) is 7.34. The van der Waals surface area contributed by atoms with Crippen molar-refractivity contribution in [3.8, 4) is 11.5 Å². The molecule has 8 nitrogen and oxygen atoms in total. The van der Waals surface area contributed by atoms with Crippen LogP contribution >= 0.6 is 11.6 Å². The molecule has 1 saturated heterocycles. The van der Waals surface area contributed by atoms with Crippen molar-refractivity contribution in [1.29, 1.82) is 0 Å². The van der Waals surface area contributed by atoms with E-state index >= 15 is 0 Å². The molecule has 0 bridgehead atoms. The fourth-order valence-electron chi connectivity index (χ4n) is 3.85. The van der Waals surface area contributed by atoms with Crippen LogP contribution in [0.25, 0.3) is 0 Å². The number of carbonyl (C=O) groups is 3. The van der Waals surface area contributed by atoms with Crippen LogP contribution < -0.4 is 19.7 Å². The Morgan fingerprint density at radius 3 is 2.42 bits per heavy atom. The lowest BCUT2D eigenvalue weighted by atomic mass is 10.1. The Labute approximate surface area is 197 Å². The average molecular weight is 472 g/mol. The summed E-state index contributed by atoms with van der Waals surface area (Å²) in [6.07, 6.45) is 0.0705. The second-order valence-electron chi connectivity index (χ2n) is 7.91. The highest BCUT2D eigenvalue weighted by molar-refractivity contribution is 6.30. The fourth-order valence-corrected chi connectivity index (χ4v) is 4.03. The van der Waals surface area contributed by atoms with Crippen LogP contribution in [0, 0.1) is 0 Å². The summed E-state index contributed by atoms with van der Waals surface area (Å²) in [7, 11) is 0. The van der Waals surface area contributed by atoms with Gasteiger partial charge in [0.05, 0.1) is 6.54 Å². The van der Waals surface area contributed by atoms with Gasteiger partial charge >= 0.3 is 0 Å². The van der Waals surface area contributed by atoms with Crippen molar-refractivity contribution in [1.82, 2.24) is 10.2 Å². The van der Waals surface area contributed by atoms with Gasteiger partial charge in [0, 0.05) is 55.3 Å². The Bertz CT molecular complexity index is 1040. The summed E-state index contributed by atoms with van der Waals surface area (Å²) in [5.41, 5.74) is 1.51. The van der Waals surface area contributed by atoms with Gasteiger partial charge in [0.15, 0.2) is 17.3 Å². The molecule has 2 aliphatic rings. The maximum atomic E-state index is 12.5. The molecule has 0 aliphatic carbocycles. The number of halogens is 1. The lowest BCUT2D eigenvalue weighted by Crippen LogP contribution is -2.51. The van der Waals surface area contributed by atoms with Gasteiger partial charge in [-0.2, -0.15) is 0 Å². The molecular formula is C24H26ClN3O5. The third-order valence-corrected chi connectivity index (χ3v) is 5.92. The largest absolute Gasteiger partial charge is 0.486 e. The molecule has 0 saturated carbocycles. The van der Waals surface area contributed by atoms with E-state index in [1.807, 2.05) is 24.3 Å². The Balaban J connectivity index is 1.18. The number of anilines is 1. The molecule has 2 aromatic carbocycles. The van der Waals surface area contributed by atoms with E-state index < -0.39 is 0 Å². The number of piperazine rings is 1. The van der Waals surface area contributed by atoms with Crippen molar-refractivity contribution in [2.45, 2.75) is 12.8 Å². The SMILES string of the molecule is O=C(CCC(=O)c1ccc2c(c1)OCCO2)NCC(=O)N1CCN(c2cccc(Cl)c2)CC1. The third kappa shape index (κ3) is 5.96. The van der Waals surface area contributed by atoms with Gasteiger partial charge in [0.2, 0.25) is 11.8 Å². The molecule has 0 spiro atoms. The number of rotatable bonds is 7. The zero-order valence-electron chi connectivity index (χ0n) is 18.2. The zero-order chi connectivity index (χ0) is 23.2. The van der Waals surface area contributed by atoms with Crippen molar-refractivity contribution in [2.24, 2.45) is 0 Å². The Hall–Kier alpha value is -3.26. The van der Waals surface area contributed by atoms with Crippen LogP contribution in [0.3, 0.4) is 0 Å². The molecule has 0 radical (unpaired) electrons. The molecule has 2 amide bonds. The molecule has 1 fully saturated rings. The second-order valence-corrected chi connectivity index (χ2v) is 8.34. The van der Waals surface area contributed by atoms with Crippen LogP contribution in [0.2, 0.25) is 5.02 Å². The second kappa shape index (κ2) is 10.6. The average Bonchev–Trinajstić information content (AvgIpc) is 2.85. The molecular weight excluding hydrogens is 446 g/mol. The summed E-state index contributed by atoms with van der Waals surface area (Å²) in [5.74, 6) is 0.532. The van der Waals surface area contributed by atoms with Gasteiger partial charge in [-0.15, -0.1) is 0 Å². The van der Waals surface area contributed by atoms with E-state index in [1.165, 1.54) is 0 Å². The first-order chi connectivity index (χ1) is 16.0. The van der Waals surface area contributed by atoms with Crippen molar-refractivity contribution < 1.29 is 23.9 Å². The highest BCUT2D eigenvalue weighted by Crippen LogP contribution is 2.31. The van der Waals surface area contributed by atoms with Gasteiger partial charge in [-0.1, -0.05) is 17.7 Å². The van der Waals surface area contributed by atoms with Crippen LogP contribution in [-0.4, -0.2) is 68.4 Å². The molecule has 0 unspecified atom stereocenters. The normalized spacial score (nSPS) is 15.2. The standard InChI is InChI=1S/C24H26ClN3O5/c25-18-2-1-3-19(15-18)27-8-10-28(11-9-27)24(31)16-26-23(30)7-5-20(29)17-4-6-21-22(14-17)33-13-12-32-21/h1-4,6,14-15H,5,7-13,16H2,(H,26,30). The van der Waals surface area contributed by atoms with Crippen LogP contribution in [0.4, 0.5) is 5.69 Å². The van der Waals surface area contributed by atoms with Gasteiger partial charge in [-0.25, -0.2) is 0 Å². The van der Waals surface area contributed by atoms with Gasteiger partial charge < -0.3 is 24.6 Å². The quantitative estimate of drug-likeness (QED) is 0.624. The van der Waals surface area contributed by atoms with Gasteiger partial charge in [0.25, 0.3) is 0 Å². The Morgan fingerprint density at radius 2 is 1.67 bits per heavy atom. The van der Waals surface area contributed by atoms with Crippen LogP contribution in [0.5, 0.6) is 11.5 Å². The number of amides is 2. The molecule has 0 atom stereocenters. The fraction of sp³-hybridized carbons (Fsp3) is 0.375. The number of ether oxygens (including phenoxy) is 2. The smallest absolute Gasteiger partial charge is 0.242 e. The maximum absolute atomic E-state index is 12.5. The molecule has 1 N–H and O–H groups in total. The van der Waals surface area contributed by atoms with E-state index in [9.17, 15) is 14.4 Å². The van der Waals surface area contributed by atoms with Gasteiger partial charge in [-0.3, -0.25) is 14.4 Å². The van der Waals surface area contributed by atoms with Crippen LogP contribution in [-0.2, 0) is 9.59 Å². The predicted octanol–water partition coefficient (Wildman–Crippen LogP) is 2.54. The number of benzene rings is 2. The summed E-state index contributed by atoms with van der Waals surface area (Å²) in [4.78, 5) is 41.0. The minimum atomic E-state index is -0.327. The number of hydrogen-bond acceptors (Lipinski definition) is 6. The lowest BCUT2D eigenvalue weighted by Gasteiger charge is -2.36. The molecule has 174 valence electrons. The van der Waals surface area contributed by atoms with E-state index in [1.54, 1.807) is 23.1 Å². The molecule has 4 rings (SSSR count). The topological polar surface area (TPSA) is 88.2 Å². The minimum absolute atomic E-state index is 0.0170. The first kappa shape index (κ1) is 22.9. The molecule has 2 heterocycles. The monoisotopic (exact) mass is 471 g/mol. The Morgan fingerprint density at radius 1 is 0.909 bits per heavy atom. The molecule has 9 heteroatoms. The third-order valence-electron chi connectivity index (χ3n) is 5.69. The van der Waals surface area contributed by atoms with E-state index in [2.05, 4.69) is 10.2 Å². The zero-order valence-corrected chi connectivity index (χ0v) is 19.0. The number of nitrogens with one attached hydrogen (secondary N) is 1. The maximum Gasteiger partial charge on any atom is 0.242 e. The highest BCUT2D eigenvalue weighted by Gasteiger charge is 2.22. The molecule has 2 aliphatic heterocycles. The van der Waals surface area contributed by atoms with Crippen molar-refractivity contribution in [2.75, 3.05) is 50.8 Å². The highest BCUT2D eigenvalue weighted by atomic mass is 35.5. The number of nitrogens with zero attached hydrogens (tertiary/aromatic N) is 2. The lowest BCUT2D eigenvalue weighted by molar-refractivity contribution is -0.133.